The maximum absolute atomic E-state index is 13.4. The summed E-state index contributed by atoms with van der Waals surface area (Å²) in [6.45, 7) is 1.77. The first kappa shape index (κ1) is 9.92. The van der Waals surface area contributed by atoms with Crippen molar-refractivity contribution >= 4 is 0 Å². The second-order valence-corrected chi connectivity index (χ2v) is 2.65. The van der Waals surface area contributed by atoms with E-state index >= 15 is 0 Å². The number of pyridine rings is 1. The average molecular weight is 185 g/mol. The monoisotopic (exact) mass is 185 g/mol. The summed E-state index contributed by atoms with van der Waals surface area (Å²) >= 11 is 0. The molecule has 0 aromatic carbocycles. The highest BCUT2D eigenvalue weighted by Gasteiger charge is 2.15. The van der Waals surface area contributed by atoms with Crippen LogP contribution in [0.2, 0.25) is 0 Å². The third-order valence-corrected chi connectivity index (χ3v) is 1.83. The minimum absolute atomic E-state index is 0.0787. The van der Waals surface area contributed by atoms with E-state index in [1.165, 1.54) is 19.4 Å². The van der Waals surface area contributed by atoms with Crippen LogP contribution in [0.5, 0.6) is 5.88 Å². The van der Waals surface area contributed by atoms with Crippen LogP contribution in [0.25, 0.3) is 0 Å². The smallest absolute Gasteiger partial charge is 0.250 e. The molecular formula is C9H12FNO2. The molecular weight excluding hydrogens is 173 g/mol. The highest BCUT2D eigenvalue weighted by Crippen LogP contribution is 2.24. The van der Waals surface area contributed by atoms with E-state index in [1.807, 2.05) is 0 Å². The zero-order valence-electron chi connectivity index (χ0n) is 7.62. The van der Waals surface area contributed by atoms with Gasteiger partial charge in [-0.05, 0) is 12.5 Å². The molecule has 1 heterocycles. The van der Waals surface area contributed by atoms with Gasteiger partial charge in [-0.1, -0.05) is 6.92 Å². The molecule has 1 aromatic rings. The standard InChI is InChI=1S/C9H12FNO2/c1-3-7(12)6-4-5-11-9(13-2)8(6)10/h4-5,7,12H,3H2,1-2H3. The maximum atomic E-state index is 13.4. The Morgan fingerprint density at radius 1 is 1.69 bits per heavy atom. The van der Waals surface area contributed by atoms with Gasteiger partial charge in [0, 0.05) is 11.8 Å². The van der Waals surface area contributed by atoms with Crippen molar-refractivity contribution in [1.82, 2.24) is 4.98 Å². The summed E-state index contributed by atoms with van der Waals surface area (Å²) in [6.07, 6.45) is 1.08. The van der Waals surface area contributed by atoms with Crippen molar-refractivity contribution in [3.05, 3.63) is 23.6 Å². The van der Waals surface area contributed by atoms with Crippen molar-refractivity contribution in [2.24, 2.45) is 0 Å². The van der Waals surface area contributed by atoms with Crippen molar-refractivity contribution in [2.75, 3.05) is 7.11 Å². The summed E-state index contributed by atoms with van der Waals surface area (Å²) in [6, 6.07) is 1.45. The lowest BCUT2D eigenvalue weighted by atomic mass is 10.1. The number of hydrogen-bond donors (Lipinski definition) is 1. The first-order valence-corrected chi connectivity index (χ1v) is 4.07. The maximum Gasteiger partial charge on any atom is 0.250 e. The molecule has 0 fully saturated rings. The molecule has 0 spiro atoms. The van der Waals surface area contributed by atoms with Crippen molar-refractivity contribution in [3.63, 3.8) is 0 Å². The zero-order valence-corrected chi connectivity index (χ0v) is 7.62. The van der Waals surface area contributed by atoms with Crippen LogP contribution in [0.1, 0.15) is 25.0 Å². The topological polar surface area (TPSA) is 42.4 Å². The van der Waals surface area contributed by atoms with Gasteiger partial charge in [-0.15, -0.1) is 0 Å². The number of aliphatic hydroxyl groups excluding tert-OH is 1. The molecule has 13 heavy (non-hydrogen) atoms. The van der Waals surface area contributed by atoms with Gasteiger partial charge in [-0.3, -0.25) is 0 Å². The second-order valence-electron chi connectivity index (χ2n) is 2.65. The van der Waals surface area contributed by atoms with Crippen molar-refractivity contribution in [1.29, 1.82) is 0 Å². The molecule has 0 saturated heterocycles. The zero-order chi connectivity index (χ0) is 9.84. The number of rotatable bonds is 3. The van der Waals surface area contributed by atoms with Crippen LogP contribution < -0.4 is 4.74 Å². The Morgan fingerprint density at radius 2 is 2.38 bits per heavy atom. The molecule has 0 radical (unpaired) electrons. The number of halogens is 1. The van der Waals surface area contributed by atoms with Crippen LogP contribution in [-0.2, 0) is 0 Å². The van der Waals surface area contributed by atoms with Gasteiger partial charge in [-0.2, -0.15) is 0 Å². The van der Waals surface area contributed by atoms with E-state index in [0.717, 1.165) is 0 Å². The molecule has 1 unspecified atom stereocenters. The third-order valence-electron chi connectivity index (χ3n) is 1.83. The largest absolute Gasteiger partial charge is 0.479 e. The molecule has 72 valence electrons. The van der Waals surface area contributed by atoms with Crippen LogP contribution >= 0.6 is 0 Å². The fraction of sp³-hybridized carbons (Fsp3) is 0.444. The molecule has 0 amide bonds. The van der Waals surface area contributed by atoms with Gasteiger partial charge in [0.15, 0.2) is 5.82 Å². The minimum Gasteiger partial charge on any atom is -0.479 e. The highest BCUT2D eigenvalue weighted by molar-refractivity contribution is 5.25. The van der Waals surface area contributed by atoms with Gasteiger partial charge in [0.25, 0.3) is 0 Å². The van der Waals surface area contributed by atoms with Gasteiger partial charge in [0.1, 0.15) is 0 Å². The molecule has 0 aliphatic heterocycles. The van der Waals surface area contributed by atoms with E-state index in [4.69, 9.17) is 0 Å². The summed E-state index contributed by atoms with van der Waals surface area (Å²) in [5, 5.41) is 9.41. The fourth-order valence-electron chi connectivity index (χ4n) is 1.06. The number of aliphatic hydroxyl groups is 1. The van der Waals surface area contributed by atoms with E-state index in [2.05, 4.69) is 9.72 Å². The molecule has 4 heteroatoms. The predicted molar refractivity (Wildman–Crippen MR) is 46.0 cm³/mol. The SMILES string of the molecule is CCC(O)c1ccnc(OC)c1F. The Balaban J connectivity index is 3.08. The number of nitrogens with zero attached hydrogens (tertiary/aromatic N) is 1. The second kappa shape index (κ2) is 4.18. The fourth-order valence-corrected chi connectivity index (χ4v) is 1.06. The molecule has 0 bridgehead atoms. The van der Waals surface area contributed by atoms with Crippen molar-refractivity contribution < 1.29 is 14.2 Å². The molecule has 0 aliphatic rings. The number of aromatic nitrogens is 1. The molecule has 1 aromatic heterocycles. The van der Waals surface area contributed by atoms with Crippen molar-refractivity contribution in [3.8, 4) is 5.88 Å². The first-order valence-electron chi connectivity index (χ1n) is 4.07. The average Bonchev–Trinajstić information content (AvgIpc) is 2.17. The summed E-state index contributed by atoms with van der Waals surface area (Å²) < 4.78 is 18.0. The van der Waals surface area contributed by atoms with Gasteiger partial charge < -0.3 is 9.84 Å². The third kappa shape index (κ3) is 1.95. The Kier molecular flexibility index (Phi) is 3.19. The Labute approximate surface area is 76.2 Å². The van der Waals surface area contributed by atoms with Gasteiger partial charge in [0.05, 0.1) is 13.2 Å². The van der Waals surface area contributed by atoms with E-state index in [0.29, 0.717) is 6.42 Å². The molecule has 3 nitrogen and oxygen atoms in total. The summed E-state index contributed by atoms with van der Waals surface area (Å²) in [5.41, 5.74) is 0.231. The molecule has 0 saturated carbocycles. The van der Waals surface area contributed by atoms with Gasteiger partial charge in [0.2, 0.25) is 5.88 Å². The lowest BCUT2D eigenvalue weighted by molar-refractivity contribution is 0.167. The summed E-state index contributed by atoms with van der Waals surface area (Å²) in [4.78, 5) is 3.67. The van der Waals surface area contributed by atoms with Gasteiger partial charge in [-0.25, -0.2) is 9.37 Å². The van der Waals surface area contributed by atoms with E-state index in [1.54, 1.807) is 6.92 Å². The molecule has 1 atom stereocenters. The van der Waals surface area contributed by atoms with Crippen LogP contribution in [-0.4, -0.2) is 17.2 Å². The van der Waals surface area contributed by atoms with E-state index in [9.17, 15) is 9.50 Å². The van der Waals surface area contributed by atoms with E-state index < -0.39 is 11.9 Å². The van der Waals surface area contributed by atoms with Gasteiger partial charge >= 0.3 is 0 Å². The number of hydrogen-bond acceptors (Lipinski definition) is 3. The molecule has 0 aliphatic carbocycles. The predicted octanol–water partition coefficient (Wildman–Crippen LogP) is 1.67. The van der Waals surface area contributed by atoms with Crippen LogP contribution in [0.15, 0.2) is 12.3 Å². The highest BCUT2D eigenvalue weighted by atomic mass is 19.1. The molecule has 1 rings (SSSR count). The Morgan fingerprint density at radius 3 is 2.92 bits per heavy atom. The Bertz CT molecular complexity index is 291. The summed E-state index contributed by atoms with van der Waals surface area (Å²) in [5.74, 6) is -0.663. The molecule has 1 N–H and O–H groups in total. The van der Waals surface area contributed by atoms with Crippen LogP contribution in [0, 0.1) is 5.82 Å². The lowest BCUT2D eigenvalue weighted by Gasteiger charge is -2.10. The van der Waals surface area contributed by atoms with Crippen LogP contribution in [0.4, 0.5) is 4.39 Å². The lowest BCUT2D eigenvalue weighted by Crippen LogP contribution is -2.02. The first-order chi connectivity index (χ1) is 6.20. The quantitative estimate of drug-likeness (QED) is 0.778. The normalized spacial score (nSPS) is 12.6. The Hall–Kier alpha value is -1.16. The minimum atomic E-state index is -0.795. The van der Waals surface area contributed by atoms with E-state index in [-0.39, 0.29) is 11.4 Å². The number of ether oxygens (including phenoxy) is 1. The van der Waals surface area contributed by atoms with Crippen molar-refractivity contribution in [2.45, 2.75) is 19.4 Å². The summed E-state index contributed by atoms with van der Waals surface area (Å²) in [7, 11) is 1.34. The van der Waals surface area contributed by atoms with Crippen LogP contribution in [0.3, 0.4) is 0 Å². The number of methoxy groups -OCH3 is 1.